The molecular formula is C9H9BrN2. The molecule has 0 N–H and O–H groups in total. The molecule has 1 rings (SSSR count). The third-order valence-electron chi connectivity index (χ3n) is 1.54. The third kappa shape index (κ3) is 2.63. The molecule has 0 spiro atoms. The van der Waals surface area contributed by atoms with Gasteiger partial charge < -0.3 is 0 Å². The normalized spacial score (nSPS) is 9.33. The Morgan fingerprint density at radius 3 is 3.08 bits per heavy atom. The number of aromatic nitrogens is 1. The number of nitrogens with zero attached hydrogens (tertiary/aromatic N) is 2. The van der Waals surface area contributed by atoms with Crippen molar-refractivity contribution in [2.24, 2.45) is 0 Å². The lowest BCUT2D eigenvalue weighted by atomic mass is 10.1. The van der Waals surface area contributed by atoms with Gasteiger partial charge in [0, 0.05) is 11.5 Å². The number of hydrogen-bond acceptors (Lipinski definition) is 2. The fraction of sp³-hybridized carbons (Fsp3) is 0.333. The van der Waals surface area contributed by atoms with E-state index in [-0.39, 0.29) is 0 Å². The van der Waals surface area contributed by atoms with Crippen molar-refractivity contribution < 1.29 is 0 Å². The Morgan fingerprint density at radius 1 is 1.58 bits per heavy atom. The van der Waals surface area contributed by atoms with Gasteiger partial charge in [0.25, 0.3) is 0 Å². The number of pyridine rings is 1. The van der Waals surface area contributed by atoms with Crippen LogP contribution in [-0.2, 0) is 6.42 Å². The Balaban J connectivity index is 2.68. The Labute approximate surface area is 80.4 Å². The average Bonchev–Trinajstić information content (AvgIpc) is 2.15. The van der Waals surface area contributed by atoms with Gasteiger partial charge in [-0.3, -0.25) is 0 Å². The zero-order chi connectivity index (χ0) is 8.81. The number of alkyl halides is 1. The second-order valence-electron chi connectivity index (χ2n) is 2.45. The molecule has 62 valence electrons. The number of halogens is 1. The van der Waals surface area contributed by atoms with E-state index >= 15 is 0 Å². The average molecular weight is 225 g/mol. The quantitative estimate of drug-likeness (QED) is 0.740. The van der Waals surface area contributed by atoms with Crippen molar-refractivity contribution in [3.63, 3.8) is 0 Å². The van der Waals surface area contributed by atoms with E-state index in [2.05, 4.69) is 20.9 Å². The first-order chi connectivity index (χ1) is 5.86. The SMILES string of the molecule is N#Cc1cc(CCCBr)ccn1. The zero-order valence-corrected chi connectivity index (χ0v) is 8.21. The number of nitriles is 1. The summed E-state index contributed by atoms with van der Waals surface area (Å²) >= 11 is 3.36. The molecule has 0 aliphatic carbocycles. The summed E-state index contributed by atoms with van der Waals surface area (Å²) in [5.41, 5.74) is 1.68. The minimum atomic E-state index is 0.502. The van der Waals surface area contributed by atoms with Crippen molar-refractivity contribution in [1.82, 2.24) is 4.98 Å². The van der Waals surface area contributed by atoms with Gasteiger partial charge in [0.2, 0.25) is 0 Å². The highest BCUT2D eigenvalue weighted by atomic mass is 79.9. The van der Waals surface area contributed by atoms with Crippen molar-refractivity contribution in [2.75, 3.05) is 5.33 Å². The molecule has 0 amide bonds. The number of rotatable bonds is 3. The molecule has 0 saturated heterocycles. The van der Waals surface area contributed by atoms with E-state index in [1.807, 2.05) is 18.2 Å². The summed E-state index contributed by atoms with van der Waals surface area (Å²) in [7, 11) is 0. The molecule has 1 aromatic heterocycles. The van der Waals surface area contributed by atoms with Crippen LogP contribution in [0.1, 0.15) is 17.7 Å². The Morgan fingerprint density at radius 2 is 2.42 bits per heavy atom. The maximum Gasteiger partial charge on any atom is 0.140 e. The summed E-state index contributed by atoms with van der Waals surface area (Å²) in [4.78, 5) is 3.89. The van der Waals surface area contributed by atoms with Crippen molar-refractivity contribution in [1.29, 1.82) is 5.26 Å². The Hall–Kier alpha value is -0.880. The molecule has 0 aliphatic heterocycles. The predicted molar refractivity (Wildman–Crippen MR) is 51.1 cm³/mol. The van der Waals surface area contributed by atoms with Crippen LogP contribution in [0.5, 0.6) is 0 Å². The van der Waals surface area contributed by atoms with Gasteiger partial charge in [-0.1, -0.05) is 15.9 Å². The molecular weight excluding hydrogens is 216 g/mol. The molecule has 0 saturated carbocycles. The zero-order valence-electron chi connectivity index (χ0n) is 6.63. The topological polar surface area (TPSA) is 36.7 Å². The molecule has 0 fully saturated rings. The summed E-state index contributed by atoms with van der Waals surface area (Å²) < 4.78 is 0. The van der Waals surface area contributed by atoms with Crippen molar-refractivity contribution in [2.45, 2.75) is 12.8 Å². The molecule has 3 heteroatoms. The lowest BCUT2D eigenvalue weighted by Gasteiger charge is -1.97. The third-order valence-corrected chi connectivity index (χ3v) is 2.10. The molecule has 1 heterocycles. The highest BCUT2D eigenvalue weighted by Crippen LogP contribution is 2.04. The molecule has 0 radical (unpaired) electrons. The van der Waals surface area contributed by atoms with Crippen LogP contribution in [0.3, 0.4) is 0 Å². The van der Waals surface area contributed by atoms with E-state index in [1.165, 1.54) is 5.56 Å². The summed E-state index contributed by atoms with van der Waals surface area (Å²) in [6.45, 7) is 0. The standard InChI is InChI=1S/C9H9BrN2/c10-4-1-2-8-3-5-12-9(6-8)7-11/h3,5-6H,1-2,4H2. The van der Waals surface area contributed by atoms with Crippen molar-refractivity contribution in [3.05, 3.63) is 29.6 Å². The van der Waals surface area contributed by atoms with Gasteiger partial charge >= 0.3 is 0 Å². The smallest absolute Gasteiger partial charge is 0.140 e. The first kappa shape index (κ1) is 9.21. The first-order valence-corrected chi connectivity index (χ1v) is 4.90. The Bertz CT molecular complexity index is 291. The fourth-order valence-corrected chi connectivity index (χ4v) is 1.24. The summed E-state index contributed by atoms with van der Waals surface area (Å²) in [5.74, 6) is 0. The summed E-state index contributed by atoms with van der Waals surface area (Å²) in [6.07, 6.45) is 3.78. The molecule has 0 unspecified atom stereocenters. The van der Waals surface area contributed by atoms with Crippen LogP contribution in [0, 0.1) is 11.3 Å². The molecule has 2 nitrogen and oxygen atoms in total. The van der Waals surface area contributed by atoms with E-state index in [0.29, 0.717) is 5.69 Å². The van der Waals surface area contributed by atoms with Crippen LogP contribution in [0.15, 0.2) is 18.3 Å². The van der Waals surface area contributed by atoms with Crippen LogP contribution in [0.25, 0.3) is 0 Å². The van der Waals surface area contributed by atoms with Crippen molar-refractivity contribution in [3.8, 4) is 6.07 Å². The van der Waals surface area contributed by atoms with Gasteiger partial charge in [0.1, 0.15) is 11.8 Å². The Kier molecular flexibility index (Phi) is 3.75. The first-order valence-electron chi connectivity index (χ1n) is 3.78. The van der Waals surface area contributed by atoms with Crippen LogP contribution >= 0.6 is 15.9 Å². The molecule has 0 aliphatic rings. The van der Waals surface area contributed by atoms with Gasteiger partial charge in [-0.25, -0.2) is 4.98 Å². The van der Waals surface area contributed by atoms with E-state index < -0.39 is 0 Å². The lowest BCUT2D eigenvalue weighted by Crippen LogP contribution is -1.89. The van der Waals surface area contributed by atoms with Crippen LogP contribution in [0.4, 0.5) is 0 Å². The van der Waals surface area contributed by atoms with Crippen molar-refractivity contribution >= 4 is 15.9 Å². The van der Waals surface area contributed by atoms with Gasteiger partial charge in [0.15, 0.2) is 0 Å². The number of hydrogen-bond donors (Lipinski definition) is 0. The van der Waals surface area contributed by atoms with Gasteiger partial charge in [-0.15, -0.1) is 0 Å². The molecule has 1 aromatic rings. The summed E-state index contributed by atoms with van der Waals surface area (Å²) in [6, 6.07) is 5.80. The maximum atomic E-state index is 8.57. The highest BCUT2D eigenvalue weighted by Gasteiger charge is 1.95. The van der Waals surface area contributed by atoms with Crippen LogP contribution in [-0.4, -0.2) is 10.3 Å². The van der Waals surface area contributed by atoms with Gasteiger partial charge in [-0.2, -0.15) is 5.26 Å². The predicted octanol–water partition coefficient (Wildman–Crippen LogP) is 2.28. The minimum Gasteiger partial charge on any atom is -0.246 e. The molecule has 0 atom stereocenters. The molecule has 12 heavy (non-hydrogen) atoms. The van der Waals surface area contributed by atoms with E-state index in [0.717, 1.165) is 18.2 Å². The van der Waals surface area contributed by atoms with E-state index in [9.17, 15) is 0 Å². The van der Waals surface area contributed by atoms with Gasteiger partial charge in [0.05, 0.1) is 0 Å². The highest BCUT2D eigenvalue weighted by molar-refractivity contribution is 9.09. The second-order valence-corrected chi connectivity index (χ2v) is 3.25. The molecule has 0 bridgehead atoms. The largest absolute Gasteiger partial charge is 0.246 e. The minimum absolute atomic E-state index is 0.502. The monoisotopic (exact) mass is 224 g/mol. The molecule has 0 aromatic carbocycles. The van der Waals surface area contributed by atoms with Crippen LogP contribution < -0.4 is 0 Å². The second kappa shape index (κ2) is 4.89. The summed E-state index contributed by atoms with van der Waals surface area (Å²) in [5, 5.41) is 9.56. The van der Waals surface area contributed by atoms with Crippen LogP contribution in [0.2, 0.25) is 0 Å². The van der Waals surface area contributed by atoms with E-state index in [4.69, 9.17) is 5.26 Å². The van der Waals surface area contributed by atoms with E-state index in [1.54, 1.807) is 6.20 Å². The maximum absolute atomic E-state index is 8.57. The lowest BCUT2D eigenvalue weighted by molar-refractivity contribution is 0.933. The van der Waals surface area contributed by atoms with Gasteiger partial charge in [-0.05, 0) is 30.5 Å². The fourth-order valence-electron chi connectivity index (χ4n) is 0.962. The number of aryl methyl sites for hydroxylation is 1.